The lowest BCUT2D eigenvalue weighted by Gasteiger charge is -2.09. The third-order valence-electron chi connectivity index (χ3n) is 4.29. The Bertz CT molecular complexity index is 1040. The number of carbonyl (C=O) groups is 1. The summed E-state index contributed by atoms with van der Waals surface area (Å²) in [5, 5.41) is 3.78. The lowest BCUT2D eigenvalue weighted by Crippen LogP contribution is -2.27. The van der Waals surface area contributed by atoms with Gasteiger partial charge in [0.05, 0.1) is 17.5 Å². The molecule has 0 aliphatic rings. The number of hydrogen-bond donors (Lipinski definition) is 2. The number of rotatable bonds is 5. The van der Waals surface area contributed by atoms with E-state index in [-0.39, 0.29) is 5.91 Å². The first kappa shape index (κ1) is 16.0. The third-order valence-corrected chi connectivity index (χ3v) is 4.29. The van der Waals surface area contributed by atoms with Crippen LogP contribution in [0.15, 0.2) is 55.4 Å². The van der Waals surface area contributed by atoms with Crippen molar-refractivity contribution >= 4 is 16.8 Å². The molecule has 0 saturated heterocycles. The largest absolute Gasteiger partial charge is 0.350 e. The number of nitrogens with one attached hydrogen (secondary N) is 2. The van der Waals surface area contributed by atoms with Gasteiger partial charge in [0.15, 0.2) is 0 Å². The Morgan fingerprint density at radius 3 is 2.96 bits per heavy atom. The Labute approximate surface area is 150 Å². The zero-order valence-corrected chi connectivity index (χ0v) is 14.3. The molecule has 2 N–H and O–H groups in total. The number of imidazole rings is 1. The quantitative estimate of drug-likeness (QED) is 0.580. The second-order valence-electron chi connectivity index (χ2n) is 6.04. The number of fused-ring (bicyclic) bond motifs is 1. The highest BCUT2D eigenvalue weighted by molar-refractivity contribution is 6.05. The van der Waals surface area contributed by atoms with Gasteiger partial charge in [-0.1, -0.05) is 0 Å². The van der Waals surface area contributed by atoms with Crippen LogP contribution in [0.3, 0.4) is 0 Å². The van der Waals surface area contributed by atoms with E-state index in [0.29, 0.717) is 18.7 Å². The van der Waals surface area contributed by atoms with E-state index in [4.69, 9.17) is 0 Å². The molecule has 4 rings (SSSR count). The summed E-state index contributed by atoms with van der Waals surface area (Å²) in [5.74, 6) is -0.188. The van der Waals surface area contributed by atoms with Crippen molar-refractivity contribution in [3.63, 3.8) is 0 Å². The summed E-state index contributed by atoms with van der Waals surface area (Å²) in [6.45, 7) is 0.508. The van der Waals surface area contributed by atoms with Crippen molar-refractivity contribution < 1.29 is 4.79 Å². The number of pyridine rings is 2. The fourth-order valence-corrected chi connectivity index (χ4v) is 2.92. The molecule has 130 valence electrons. The van der Waals surface area contributed by atoms with Crippen molar-refractivity contribution in [2.24, 2.45) is 7.05 Å². The number of aromatic nitrogens is 5. The van der Waals surface area contributed by atoms with Gasteiger partial charge < -0.3 is 14.9 Å². The van der Waals surface area contributed by atoms with E-state index in [1.807, 2.05) is 42.1 Å². The van der Waals surface area contributed by atoms with Crippen LogP contribution in [0.5, 0.6) is 0 Å². The Balaban J connectivity index is 1.65. The van der Waals surface area contributed by atoms with Gasteiger partial charge in [0, 0.05) is 61.4 Å². The van der Waals surface area contributed by atoms with Crippen LogP contribution in [0.4, 0.5) is 0 Å². The van der Waals surface area contributed by atoms with Crippen LogP contribution in [-0.2, 0) is 13.5 Å². The summed E-state index contributed by atoms with van der Waals surface area (Å²) in [6.07, 6.45) is 9.46. The van der Waals surface area contributed by atoms with Crippen molar-refractivity contribution in [2.75, 3.05) is 6.54 Å². The molecule has 0 fully saturated rings. The molecule has 0 aromatic carbocycles. The lowest BCUT2D eigenvalue weighted by molar-refractivity contribution is 0.0951. The summed E-state index contributed by atoms with van der Waals surface area (Å²) in [7, 11) is 1.95. The maximum absolute atomic E-state index is 12.8. The summed E-state index contributed by atoms with van der Waals surface area (Å²) < 4.78 is 1.98. The number of H-pyrrole nitrogens is 1. The number of aromatic amines is 1. The van der Waals surface area contributed by atoms with E-state index < -0.39 is 0 Å². The van der Waals surface area contributed by atoms with E-state index in [0.717, 1.165) is 27.9 Å². The molecule has 4 aromatic rings. The number of aryl methyl sites for hydroxylation is 1. The molecule has 0 aliphatic carbocycles. The molecule has 7 nitrogen and oxygen atoms in total. The zero-order chi connectivity index (χ0) is 17.9. The van der Waals surface area contributed by atoms with E-state index in [1.165, 1.54) is 0 Å². The van der Waals surface area contributed by atoms with Crippen molar-refractivity contribution in [2.45, 2.75) is 6.42 Å². The first-order valence-corrected chi connectivity index (χ1v) is 8.34. The number of nitrogens with zero attached hydrogens (tertiary/aromatic N) is 4. The smallest absolute Gasteiger partial charge is 0.270 e. The minimum absolute atomic E-state index is 0.188. The molecular weight excluding hydrogens is 328 g/mol. The van der Waals surface area contributed by atoms with Crippen LogP contribution in [0, 0.1) is 0 Å². The molecule has 0 saturated carbocycles. The van der Waals surface area contributed by atoms with E-state index >= 15 is 0 Å². The van der Waals surface area contributed by atoms with Gasteiger partial charge in [0.2, 0.25) is 0 Å². The molecule has 4 heterocycles. The standard InChI is InChI=1S/C19H18N6O/c1-25-8-5-15-17(25)9-16(13-3-2-6-20-10-13)24-18(15)19(26)22-7-4-14-11-21-12-23-14/h2-3,5-6,8-12H,4,7H2,1H3,(H,21,23)(H,22,26). The first-order valence-electron chi connectivity index (χ1n) is 8.34. The number of carbonyl (C=O) groups excluding carboxylic acids is 1. The number of hydrogen-bond acceptors (Lipinski definition) is 4. The second kappa shape index (κ2) is 6.79. The van der Waals surface area contributed by atoms with Crippen LogP contribution in [0.25, 0.3) is 22.2 Å². The Morgan fingerprint density at radius 1 is 1.27 bits per heavy atom. The third kappa shape index (κ3) is 3.06. The molecule has 1 amide bonds. The van der Waals surface area contributed by atoms with Crippen LogP contribution >= 0.6 is 0 Å². The molecule has 0 atom stereocenters. The Morgan fingerprint density at radius 2 is 2.19 bits per heavy atom. The topological polar surface area (TPSA) is 88.5 Å². The minimum Gasteiger partial charge on any atom is -0.350 e. The van der Waals surface area contributed by atoms with Crippen molar-refractivity contribution in [1.82, 2.24) is 29.8 Å². The fraction of sp³-hybridized carbons (Fsp3) is 0.158. The SMILES string of the molecule is Cn1ccc2c(C(=O)NCCc3cnc[nH]3)nc(-c3cccnc3)cc21. The van der Waals surface area contributed by atoms with Gasteiger partial charge in [-0.2, -0.15) is 0 Å². The summed E-state index contributed by atoms with van der Waals surface area (Å²) in [5.41, 5.74) is 3.96. The lowest BCUT2D eigenvalue weighted by atomic mass is 10.1. The maximum atomic E-state index is 12.8. The first-order chi connectivity index (χ1) is 12.7. The van der Waals surface area contributed by atoms with E-state index in [9.17, 15) is 4.79 Å². The van der Waals surface area contributed by atoms with Crippen LogP contribution < -0.4 is 5.32 Å². The molecule has 0 bridgehead atoms. The van der Waals surface area contributed by atoms with Crippen molar-refractivity contribution in [1.29, 1.82) is 0 Å². The molecule has 0 spiro atoms. The van der Waals surface area contributed by atoms with Gasteiger partial charge in [-0.05, 0) is 24.3 Å². The highest BCUT2D eigenvalue weighted by Crippen LogP contribution is 2.25. The Hall–Kier alpha value is -3.48. The Kier molecular flexibility index (Phi) is 4.18. The van der Waals surface area contributed by atoms with E-state index in [2.05, 4.69) is 25.3 Å². The van der Waals surface area contributed by atoms with Crippen LogP contribution in [0.1, 0.15) is 16.2 Å². The molecule has 0 aliphatic heterocycles. The number of amides is 1. The highest BCUT2D eigenvalue weighted by Gasteiger charge is 2.16. The zero-order valence-electron chi connectivity index (χ0n) is 14.3. The molecule has 26 heavy (non-hydrogen) atoms. The van der Waals surface area contributed by atoms with Gasteiger partial charge in [-0.25, -0.2) is 9.97 Å². The summed E-state index contributed by atoms with van der Waals surface area (Å²) in [6, 6.07) is 7.69. The monoisotopic (exact) mass is 346 g/mol. The molecular formula is C19H18N6O. The van der Waals surface area contributed by atoms with Gasteiger partial charge >= 0.3 is 0 Å². The predicted octanol–water partition coefficient (Wildman–Crippen LogP) is 2.33. The van der Waals surface area contributed by atoms with Gasteiger partial charge in [-0.15, -0.1) is 0 Å². The van der Waals surface area contributed by atoms with Crippen molar-refractivity contribution in [3.05, 3.63) is 66.8 Å². The highest BCUT2D eigenvalue weighted by atomic mass is 16.1. The average molecular weight is 346 g/mol. The molecule has 7 heteroatoms. The van der Waals surface area contributed by atoms with Gasteiger partial charge in [-0.3, -0.25) is 9.78 Å². The minimum atomic E-state index is -0.188. The fourth-order valence-electron chi connectivity index (χ4n) is 2.92. The van der Waals surface area contributed by atoms with E-state index in [1.54, 1.807) is 24.9 Å². The van der Waals surface area contributed by atoms with Gasteiger partial charge in [0.1, 0.15) is 5.69 Å². The normalized spacial score (nSPS) is 11.0. The van der Waals surface area contributed by atoms with Crippen LogP contribution in [-0.4, -0.2) is 37.0 Å². The van der Waals surface area contributed by atoms with Gasteiger partial charge in [0.25, 0.3) is 5.91 Å². The second-order valence-corrected chi connectivity index (χ2v) is 6.04. The summed E-state index contributed by atoms with van der Waals surface area (Å²) in [4.78, 5) is 28.5. The molecule has 0 radical (unpaired) electrons. The molecule has 4 aromatic heterocycles. The van der Waals surface area contributed by atoms with Crippen LogP contribution in [0.2, 0.25) is 0 Å². The maximum Gasteiger partial charge on any atom is 0.270 e. The average Bonchev–Trinajstić information content (AvgIpc) is 3.32. The van der Waals surface area contributed by atoms with Crippen molar-refractivity contribution in [3.8, 4) is 11.3 Å². The predicted molar refractivity (Wildman–Crippen MR) is 98.6 cm³/mol. The molecule has 0 unspecified atom stereocenters. The summed E-state index contributed by atoms with van der Waals surface area (Å²) >= 11 is 0.